The Bertz CT molecular complexity index is 1180. The number of aryl methyl sites for hydroxylation is 1. The summed E-state index contributed by atoms with van der Waals surface area (Å²) in [6, 6.07) is 13.0. The summed E-state index contributed by atoms with van der Waals surface area (Å²) in [7, 11) is 0. The molecule has 2 aromatic carbocycles. The number of hydrogen-bond donors (Lipinski definition) is 4. The Morgan fingerprint density at radius 1 is 0.906 bits per heavy atom. The van der Waals surface area contributed by atoms with Crippen LogP contribution in [0.1, 0.15) is 22.3 Å². The van der Waals surface area contributed by atoms with E-state index in [2.05, 4.69) is 26.1 Å². The number of carbonyl (C=O) groups excluding carboxylic acids is 1. The molecule has 2 aromatic rings. The summed E-state index contributed by atoms with van der Waals surface area (Å²) in [5.74, 6) is -1.92. The summed E-state index contributed by atoms with van der Waals surface area (Å²) in [4.78, 5) is 33.1. The van der Waals surface area contributed by atoms with Crippen LogP contribution in [-0.4, -0.2) is 33.9 Å². The molecule has 4 rings (SSSR count). The van der Waals surface area contributed by atoms with Gasteiger partial charge >= 0.3 is 18.0 Å². The lowest BCUT2D eigenvalue weighted by Gasteiger charge is -2.09. The molecule has 1 aliphatic carbocycles. The maximum atomic E-state index is 11.8. The summed E-state index contributed by atoms with van der Waals surface area (Å²) in [6.07, 6.45) is 3.46. The first-order valence-electron chi connectivity index (χ1n) is 9.42. The molecule has 162 valence electrons. The molecule has 1 heterocycles. The highest BCUT2D eigenvalue weighted by Crippen LogP contribution is 2.21. The molecule has 0 spiro atoms. The first-order chi connectivity index (χ1) is 15.3. The fraction of sp³-hybridized carbons (Fsp3) is 0.0909. The van der Waals surface area contributed by atoms with Crippen molar-refractivity contribution < 1.29 is 24.6 Å². The monoisotopic (exact) mass is 433 g/mol. The lowest BCUT2D eigenvalue weighted by molar-refractivity contribution is -0.132. The maximum absolute atomic E-state index is 11.8. The van der Waals surface area contributed by atoms with Gasteiger partial charge in [0.15, 0.2) is 0 Å². The van der Waals surface area contributed by atoms with Crippen LogP contribution in [0.25, 0.3) is 0 Å². The zero-order chi connectivity index (χ0) is 23.1. The number of aromatic carboxylic acids is 1. The van der Waals surface area contributed by atoms with Crippen LogP contribution in [0.4, 0.5) is 16.2 Å². The number of allylic oxidation sites excluding steroid dienone is 3. The van der Waals surface area contributed by atoms with Gasteiger partial charge in [0, 0.05) is 23.4 Å². The van der Waals surface area contributed by atoms with E-state index in [0.29, 0.717) is 29.1 Å². The van der Waals surface area contributed by atoms with E-state index >= 15 is 0 Å². The molecule has 0 saturated heterocycles. The van der Waals surface area contributed by atoms with Gasteiger partial charge in [-0.05, 0) is 60.2 Å². The molecule has 2 aliphatic rings. The summed E-state index contributed by atoms with van der Waals surface area (Å²) in [5.41, 5.74) is 4.02. The Hall–Kier alpha value is -4.60. The molecule has 2 amide bonds. The van der Waals surface area contributed by atoms with Gasteiger partial charge in [-0.1, -0.05) is 18.2 Å². The number of carboxylic acids is 2. The molecule has 0 unspecified atom stereocenters. The number of anilines is 2. The number of carbonyl (C=O) groups is 3. The Kier molecular flexibility index (Phi) is 6.86. The third kappa shape index (κ3) is 5.72. The highest BCUT2D eigenvalue weighted by atomic mass is 16.4. The predicted molar refractivity (Wildman–Crippen MR) is 118 cm³/mol. The second-order valence-electron chi connectivity index (χ2n) is 6.74. The smallest absolute Gasteiger partial charge is 0.335 e. The summed E-state index contributed by atoms with van der Waals surface area (Å²) >= 11 is 0. The number of para-hydroxylation sites is 1. The van der Waals surface area contributed by atoms with Crippen LogP contribution in [0.15, 0.2) is 87.4 Å². The van der Waals surface area contributed by atoms with Crippen LogP contribution in [0.2, 0.25) is 0 Å². The number of benzene rings is 2. The Labute approximate surface area is 182 Å². The van der Waals surface area contributed by atoms with E-state index in [4.69, 9.17) is 10.2 Å². The van der Waals surface area contributed by atoms with Crippen molar-refractivity contribution in [1.82, 2.24) is 0 Å². The number of nitrogens with one attached hydrogen (secondary N) is 2. The highest BCUT2D eigenvalue weighted by molar-refractivity contribution is 6.08. The van der Waals surface area contributed by atoms with Gasteiger partial charge in [-0.25, -0.2) is 14.4 Å². The first-order valence-corrected chi connectivity index (χ1v) is 9.42. The number of fused-ring (bicyclic) bond motifs is 1. The van der Waals surface area contributed by atoms with Gasteiger partial charge in [-0.2, -0.15) is 0 Å². The van der Waals surface area contributed by atoms with E-state index in [9.17, 15) is 14.4 Å². The van der Waals surface area contributed by atoms with Crippen LogP contribution in [0, 0.1) is 6.92 Å². The fourth-order valence-electron chi connectivity index (χ4n) is 2.75. The maximum Gasteiger partial charge on any atom is 0.335 e. The molecule has 0 bridgehead atoms. The molecule has 10 nitrogen and oxygen atoms in total. The summed E-state index contributed by atoms with van der Waals surface area (Å²) in [5, 5.41) is 33.6. The number of rotatable bonds is 4. The van der Waals surface area contributed by atoms with E-state index < -0.39 is 11.9 Å². The van der Waals surface area contributed by atoms with Gasteiger partial charge < -0.3 is 20.8 Å². The lowest BCUT2D eigenvalue weighted by Crippen LogP contribution is -2.19. The molecule has 0 radical (unpaired) electrons. The number of nitrogens with zero attached hydrogens (tertiary/aromatic N) is 3. The van der Waals surface area contributed by atoms with Gasteiger partial charge in [0.05, 0.1) is 11.3 Å². The standard InChI is InChI=1S/C15H14N2O3.C7H5N3O2/c1-10-4-2-3-5-13(10)17-15(20)16-12-8-6-11(7-9-12)14(18)19;11-7(12)4-1-2-5-6(3-4)9-10-8-5/h2-9H,1H3,(H,18,19)(H2,16,17,20);1-2H,3H2,(H,11,12). The van der Waals surface area contributed by atoms with Crippen LogP contribution in [0.3, 0.4) is 0 Å². The second-order valence-corrected chi connectivity index (χ2v) is 6.74. The number of carboxylic acid groups (broad SMARTS) is 2. The molecule has 4 N–H and O–H groups in total. The minimum atomic E-state index is -0.999. The molecule has 0 fully saturated rings. The van der Waals surface area contributed by atoms with E-state index in [0.717, 1.165) is 11.3 Å². The van der Waals surface area contributed by atoms with Gasteiger partial charge in [-0.3, -0.25) is 0 Å². The Balaban J connectivity index is 0.000000204. The van der Waals surface area contributed by atoms with Gasteiger partial charge in [0.1, 0.15) is 5.70 Å². The second kappa shape index (κ2) is 9.94. The van der Waals surface area contributed by atoms with Crippen LogP contribution in [-0.2, 0) is 4.79 Å². The largest absolute Gasteiger partial charge is 0.478 e. The molecule has 0 atom stereocenters. The summed E-state index contributed by atoms with van der Waals surface area (Å²) < 4.78 is 0. The zero-order valence-corrected chi connectivity index (χ0v) is 16.9. The Morgan fingerprint density at radius 3 is 2.28 bits per heavy atom. The third-order valence-electron chi connectivity index (χ3n) is 4.47. The van der Waals surface area contributed by atoms with Crippen LogP contribution < -0.4 is 10.6 Å². The summed E-state index contributed by atoms with van der Waals surface area (Å²) in [6.45, 7) is 1.90. The van der Waals surface area contributed by atoms with Gasteiger partial charge in [-0.15, -0.1) is 10.2 Å². The Morgan fingerprint density at radius 2 is 1.62 bits per heavy atom. The van der Waals surface area contributed by atoms with Crippen LogP contribution >= 0.6 is 0 Å². The SMILES string of the molecule is Cc1ccccc1NC(=O)Nc1ccc(C(=O)O)cc1.O=C(O)C1=CC=C2N=NN=C2C1. The number of amides is 2. The van der Waals surface area contributed by atoms with Crippen molar-refractivity contribution in [2.75, 3.05) is 10.6 Å². The molecule has 0 aromatic heterocycles. The number of aliphatic carboxylic acids is 1. The molecule has 10 heteroatoms. The van der Waals surface area contributed by atoms with Crippen molar-refractivity contribution in [3.63, 3.8) is 0 Å². The third-order valence-corrected chi connectivity index (χ3v) is 4.47. The molecule has 1 aliphatic heterocycles. The minimum absolute atomic E-state index is 0.176. The lowest BCUT2D eigenvalue weighted by atomic mass is 10.0. The zero-order valence-electron chi connectivity index (χ0n) is 16.9. The van der Waals surface area contributed by atoms with Crippen molar-refractivity contribution >= 4 is 35.1 Å². The average molecular weight is 433 g/mol. The highest BCUT2D eigenvalue weighted by Gasteiger charge is 2.20. The minimum Gasteiger partial charge on any atom is -0.478 e. The molecule has 0 saturated carbocycles. The van der Waals surface area contributed by atoms with Gasteiger partial charge in [0.2, 0.25) is 0 Å². The quantitative estimate of drug-likeness (QED) is 0.561. The fourth-order valence-corrected chi connectivity index (χ4v) is 2.75. The number of urea groups is 1. The van der Waals surface area contributed by atoms with Crippen molar-refractivity contribution in [1.29, 1.82) is 0 Å². The van der Waals surface area contributed by atoms with E-state index in [1.807, 2.05) is 31.2 Å². The molecular weight excluding hydrogens is 414 g/mol. The van der Waals surface area contributed by atoms with Gasteiger partial charge in [0.25, 0.3) is 0 Å². The molecular formula is C22H19N5O5. The van der Waals surface area contributed by atoms with Crippen molar-refractivity contribution in [2.24, 2.45) is 15.4 Å². The van der Waals surface area contributed by atoms with Crippen molar-refractivity contribution in [3.05, 3.63) is 83.1 Å². The first kappa shape index (κ1) is 22.1. The van der Waals surface area contributed by atoms with Crippen LogP contribution in [0.5, 0.6) is 0 Å². The van der Waals surface area contributed by atoms with Crippen molar-refractivity contribution in [3.8, 4) is 0 Å². The van der Waals surface area contributed by atoms with E-state index in [1.165, 1.54) is 18.2 Å². The average Bonchev–Trinajstić information content (AvgIpc) is 3.24. The van der Waals surface area contributed by atoms with Crippen molar-refractivity contribution in [2.45, 2.75) is 13.3 Å². The van der Waals surface area contributed by atoms with E-state index in [-0.39, 0.29) is 11.6 Å². The topological polar surface area (TPSA) is 153 Å². The number of hydrogen-bond acceptors (Lipinski definition) is 6. The molecule has 32 heavy (non-hydrogen) atoms. The van der Waals surface area contributed by atoms with E-state index in [1.54, 1.807) is 18.2 Å². The normalized spacial score (nSPS) is 13.5. The predicted octanol–water partition coefficient (Wildman–Crippen LogP) is 4.44.